The molecule has 0 spiro atoms. The summed E-state index contributed by atoms with van der Waals surface area (Å²) in [6.07, 6.45) is 5.56. The number of hydrogen-bond acceptors (Lipinski definition) is 4. The predicted octanol–water partition coefficient (Wildman–Crippen LogP) is 0.237. The molecular formula is C14H30N4O2S. The molecule has 7 heteroatoms. The zero-order chi connectivity index (χ0) is 15.3. The minimum Gasteiger partial charge on any atom is -0.314 e. The molecule has 1 aliphatic heterocycles. The summed E-state index contributed by atoms with van der Waals surface area (Å²) < 4.78 is 28.5. The molecule has 0 bridgehead atoms. The monoisotopic (exact) mass is 318 g/mol. The second kappa shape index (κ2) is 7.87. The van der Waals surface area contributed by atoms with Crippen LogP contribution in [0.3, 0.4) is 0 Å². The Morgan fingerprint density at radius 1 is 1.19 bits per heavy atom. The molecule has 2 aliphatic rings. The highest BCUT2D eigenvalue weighted by molar-refractivity contribution is 7.87. The fourth-order valence-electron chi connectivity index (χ4n) is 2.62. The van der Waals surface area contributed by atoms with E-state index in [1.54, 1.807) is 7.05 Å². The summed E-state index contributed by atoms with van der Waals surface area (Å²) in [5, 5.41) is 3.40. The van der Waals surface area contributed by atoms with E-state index >= 15 is 0 Å². The van der Waals surface area contributed by atoms with Crippen molar-refractivity contribution in [1.82, 2.24) is 19.2 Å². The van der Waals surface area contributed by atoms with Gasteiger partial charge in [-0.2, -0.15) is 12.7 Å². The molecule has 0 aromatic carbocycles. The zero-order valence-corrected chi connectivity index (χ0v) is 14.2. The quantitative estimate of drug-likeness (QED) is 0.598. The summed E-state index contributed by atoms with van der Waals surface area (Å²) >= 11 is 0. The average Bonchev–Trinajstić information content (AvgIpc) is 3.27. The fraction of sp³-hybridized carbons (Fsp3) is 1.00. The lowest BCUT2D eigenvalue weighted by atomic mass is 9.98. The van der Waals surface area contributed by atoms with Crippen molar-refractivity contribution in [2.24, 2.45) is 5.92 Å². The van der Waals surface area contributed by atoms with Gasteiger partial charge in [0.05, 0.1) is 0 Å². The second-order valence-corrected chi connectivity index (χ2v) is 8.37. The summed E-state index contributed by atoms with van der Waals surface area (Å²) in [7, 11) is 0.459. The molecule has 0 aromatic rings. The molecule has 21 heavy (non-hydrogen) atoms. The van der Waals surface area contributed by atoms with Gasteiger partial charge in [0.15, 0.2) is 0 Å². The highest BCUT2D eigenvalue weighted by Crippen LogP contribution is 2.18. The van der Waals surface area contributed by atoms with E-state index < -0.39 is 10.2 Å². The van der Waals surface area contributed by atoms with Crippen molar-refractivity contribution < 1.29 is 8.42 Å². The van der Waals surface area contributed by atoms with Gasteiger partial charge in [-0.1, -0.05) is 0 Å². The third kappa shape index (κ3) is 6.20. The molecule has 0 atom stereocenters. The van der Waals surface area contributed by atoms with Crippen molar-refractivity contribution >= 4 is 10.2 Å². The van der Waals surface area contributed by atoms with Gasteiger partial charge in [-0.15, -0.1) is 0 Å². The van der Waals surface area contributed by atoms with E-state index in [1.165, 1.54) is 17.1 Å². The van der Waals surface area contributed by atoms with Crippen LogP contribution in [-0.2, 0) is 10.2 Å². The van der Waals surface area contributed by atoms with E-state index in [0.717, 1.165) is 38.9 Å². The van der Waals surface area contributed by atoms with Gasteiger partial charge >= 0.3 is 0 Å². The third-order valence-electron chi connectivity index (χ3n) is 4.46. The number of nitrogens with one attached hydrogen (secondary N) is 2. The van der Waals surface area contributed by atoms with Gasteiger partial charge in [-0.25, -0.2) is 4.72 Å². The predicted molar refractivity (Wildman–Crippen MR) is 85.4 cm³/mol. The Kier molecular flexibility index (Phi) is 6.43. The highest BCUT2D eigenvalue weighted by atomic mass is 32.2. The van der Waals surface area contributed by atoms with E-state index in [0.29, 0.717) is 25.0 Å². The molecule has 0 aromatic heterocycles. The average molecular weight is 318 g/mol. The molecule has 1 saturated carbocycles. The Morgan fingerprint density at radius 3 is 2.48 bits per heavy atom. The van der Waals surface area contributed by atoms with Gasteiger partial charge < -0.3 is 10.2 Å². The van der Waals surface area contributed by atoms with Crippen LogP contribution in [0.4, 0.5) is 0 Å². The number of nitrogens with zero attached hydrogens (tertiary/aromatic N) is 2. The number of rotatable bonds is 9. The molecule has 2 rings (SSSR count). The molecular weight excluding hydrogens is 288 g/mol. The molecule has 0 amide bonds. The van der Waals surface area contributed by atoms with Crippen LogP contribution in [0.1, 0.15) is 32.1 Å². The van der Waals surface area contributed by atoms with E-state index in [9.17, 15) is 8.42 Å². The Labute approximate surface area is 129 Å². The molecule has 6 nitrogen and oxygen atoms in total. The Balaban J connectivity index is 1.62. The van der Waals surface area contributed by atoms with Gasteiger partial charge in [0.2, 0.25) is 0 Å². The van der Waals surface area contributed by atoms with E-state index in [-0.39, 0.29) is 0 Å². The molecule has 2 N–H and O–H groups in total. The normalized spacial score (nSPS) is 22.0. The summed E-state index contributed by atoms with van der Waals surface area (Å²) in [5.74, 6) is 0.473. The van der Waals surface area contributed by atoms with Crippen LogP contribution in [-0.4, -0.2) is 70.5 Å². The van der Waals surface area contributed by atoms with Crippen molar-refractivity contribution in [3.05, 3.63) is 0 Å². The van der Waals surface area contributed by atoms with Crippen LogP contribution >= 0.6 is 0 Å². The van der Waals surface area contributed by atoms with Gasteiger partial charge in [-0.3, -0.25) is 0 Å². The topological polar surface area (TPSA) is 64.7 Å². The van der Waals surface area contributed by atoms with Crippen LogP contribution in [0.5, 0.6) is 0 Å². The first kappa shape index (κ1) is 17.1. The highest BCUT2D eigenvalue weighted by Gasteiger charge is 2.22. The van der Waals surface area contributed by atoms with Gasteiger partial charge in [0.25, 0.3) is 10.2 Å². The van der Waals surface area contributed by atoms with Gasteiger partial charge in [0.1, 0.15) is 0 Å². The van der Waals surface area contributed by atoms with E-state index in [4.69, 9.17) is 0 Å². The van der Waals surface area contributed by atoms with E-state index in [1.807, 2.05) is 0 Å². The first-order chi connectivity index (χ1) is 9.97. The Morgan fingerprint density at radius 2 is 1.86 bits per heavy atom. The molecule has 124 valence electrons. The van der Waals surface area contributed by atoms with Crippen molar-refractivity contribution in [2.75, 3.05) is 46.8 Å². The number of hydrogen-bond donors (Lipinski definition) is 2. The minimum absolute atomic E-state index is 0.473. The maximum Gasteiger partial charge on any atom is 0.279 e. The lowest BCUT2D eigenvalue weighted by Crippen LogP contribution is -2.43. The SMILES string of the molecule is CN1CCC(CNS(=O)(=O)N(C)CCCNC2CC2)CC1. The van der Waals surface area contributed by atoms with Crippen molar-refractivity contribution in [3.63, 3.8) is 0 Å². The first-order valence-electron chi connectivity index (χ1n) is 8.10. The maximum absolute atomic E-state index is 12.2. The summed E-state index contributed by atoms with van der Waals surface area (Å²) in [6.45, 7) is 4.17. The fourth-order valence-corrected chi connectivity index (χ4v) is 3.65. The van der Waals surface area contributed by atoms with Crippen molar-refractivity contribution in [2.45, 2.75) is 38.1 Å². The van der Waals surface area contributed by atoms with Gasteiger partial charge in [0, 0.05) is 26.2 Å². The Hall–Kier alpha value is -0.210. The Bertz CT molecular complexity index is 403. The van der Waals surface area contributed by atoms with Crippen LogP contribution in [0.15, 0.2) is 0 Å². The summed E-state index contributed by atoms with van der Waals surface area (Å²) in [5.41, 5.74) is 0. The molecule has 1 saturated heterocycles. The summed E-state index contributed by atoms with van der Waals surface area (Å²) in [4.78, 5) is 2.30. The number of likely N-dealkylation sites (tertiary alicyclic amines) is 1. The molecule has 0 radical (unpaired) electrons. The maximum atomic E-state index is 12.2. The molecule has 1 aliphatic carbocycles. The lowest BCUT2D eigenvalue weighted by Gasteiger charge is -2.29. The van der Waals surface area contributed by atoms with Gasteiger partial charge in [-0.05, 0) is 64.7 Å². The second-order valence-electron chi connectivity index (χ2n) is 6.50. The van der Waals surface area contributed by atoms with Crippen molar-refractivity contribution in [3.8, 4) is 0 Å². The minimum atomic E-state index is -3.32. The first-order valence-corrected chi connectivity index (χ1v) is 9.54. The largest absolute Gasteiger partial charge is 0.314 e. The number of piperidine rings is 1. The van der Waals surface area contributed by atoms with E-state index in [2.05, 4.69) is 22.0 Å². The third-order valence-corrected chi connectivity index (χ3v) is 6.00. The molecule has 2 fully saturated rings. The smallest absolute Gasteiger partial charge is 0.279 e. The zero-order valence-electron chi connectivity index (χ0n) is 13.3. The summed E-state index contributed by atoms with van der Waals surface area (Å²) in [6, 6.07) is 0.689. The molecule has 0 unspecified atom stereocenters. The van der Waals surface area contributed by atoms with Crippen LogP contribution in [0, 0.1) is 5.92 Å². The molecule has 1 heterocycles. The van der Waals surface area contributed by atoms with Crippen LogP contribution in [0.2, 0.25) is 0 Å². The van der Waals surface area contributed by atoms with Crippen molar-refractivity contribution in [1.29, 1.82) is 0 Å². The lowest BCUT2D eigenvalue weighted by molar-refractivity contribution is 0.220. The van der Waals surface area contributed by atoms with Crippen LogP contribution in [0.25, 0.3) is 0 Å². The standard InChI is InChI=1S/C14H30N4O2S/c1-17-10-6-13(7-11-17)12-16-21(19,20)18(2)9-3-8-15-14-4-5-14/h13-16H,3-12H2,1-2H3. The van der Waals surface area contributed by atoms with Crippen LogP contribution < -0.4 is 10.0 Å².